The van der Waals surface area contributed by atoms with Crippen molar-refractivity contribution in [1.29, 1.82) is 5.26 Å². The Morgan fingerprint density at radius 1 is 0.963 bits per heavy atom. The van der Waals surface area contributed by atoms with Crippen molar-refractivity contribution in [2.75, 3.05) is 6.54 Å². The second-order valence-corrected chi connectivity index (χ2v) is 6.93. The maximum absolute atomic E-state index is 9.16. The van der Waals surface area contributed by atoms with Gasteiger partial charge in [-0.15, -0.1) is 0 Å². The van der Waals surface area contributed by atoms with Crippen LogP contribution >= 0.6 is 0 Å². The van der Waals surface area contributed by atoms with E-state index in [-0.39, 0.29) is 0 Å². The summed E-state index contributed by atoms with van der Waals surface area (Å²) in [5.74, 6) is 0. The third-order valence-electron chi connectivity index (χ3n) is 5.26. The molecule has 1 aliphatic rings. The number of nitrogens with one attached hydrogen (secondary N) is 2. The lowest BCUT2D eigenvalue weighted by atomic mass is 9.95. The van der Waals surface area contributed by atoms with Gasteiger partial charge in [0.2, 0.25) is 0 Å². The van der Waals surface area contributed by atoms with E-state index in [0.29, 0.717) is 5.56 Å². The molecule has 2 aromatic heterocycles. The first-order valence-electron chi connectivity index (χ1n) is 9.12. The van der Waals surface area contributed by atoms with Gasteiger partial charge in [0.1, 0.15) is 5.65 Å². The van der Waals surface area contributed by atoms with Crippen molar-refractivity contribution in [1.82, 2.24) is 15.3 Å². The number of aromatic amines is 1. The highest BCUT2D eigenvalue weighted by molar-refractivity contribution is 5.96. The fourth-order valence-corrected chi connectivity index (χ4v) is 3.82. The Morgan fingerprint density at radius 3 is 2.85 bits per heavy atom. The summed E-state index contributed by atoms with van der Waals surface area (Å²) in [5.41, 5.74) is 8.72. The van der Waals surface area contributed by atoms with Crippen LogP contribution in [0.5, 0.6) is 0 Å². The lowest BCUT2D eigenvalue weighted by Gasteiger charge is -2.17. The van der Waals surface area contributed by atoms with Gasteiger partial charge in [-0.25, -0.2) is 4.98 Å². The Balaban J connectivity index is 1.63. The zero-order chi connectivity index (χ0) is 18.2. The van der Waals surface area contributed by atoms with Gasteiger partial charge in [-0.1, -0.05) is 24.3 Å². The lowest BCUT2D eigenvalue weighted by Crippen LogP contribution is -2.23. The molecule has 2 N–H and O–H groups in total. The van der Waals surface area contributed by atoms with E-state index in [0.717, 1.165) is 47.2 Å². The number of aromatic nitrogens is 2. The van der Waals surface area contributed by atoms with Crippen LogP contribution in [0.4, 0.5) is 0 Å². The molecule has 0 amide bonds. The average Bonchev–Trinajstić information content (AvgIpc) is 3.16. The predicted molar refractivity (Wildman–Crippen MR) is 107 cm³/mol. The number of nitrogens with zero attached hydrogens (tertiary/aromatic N) is 2. The van der Waals surface area contributed by atoms with Crippen molar-refractivity contribution in [3.8, 4) is 28.3 Å². The van der Waals surface area contributed by atoms with Gasteiger partial charge >= 0.3 is 0 Å². The molecule has 2 aromatic carbocycles. The molecule has 4 aromatic rings. The lowest BCUT2D eigenvalue weighted by molar-refractivity contribution is 0.644. The number of rotatable bonds is 2. The van der Waals surface area contributed by atoms with Gasteiger partial charge in [-0.2, -0.15) is 5.26 Å². The van der Waals surface area contributed by atoms with E-state index in [1.165, 1.54) is 16.7 Å². The summed E-state index contributed by atoms with van der Waals surface area (Å²) in [6.45, 7) is 1.98. The normalized spacial score (nSPS) is 13.3. The molecular weight excluding hydrogens is 332 g/mol. The Morgan fingerprint density at radius 2 is 1.93 bits per heavy atom. The highest BCUT2D eigenvalue weighted by atomic mass is 14.9. The fourth-order valence-electron chi connectivity index (χ4n) is 3.82. The summed E-state index contributed by atoms with van der Waals surface area (Å²) in [6.07, 6.45) is 4.98. The third-order valence-corrected chi connectivity index (χ3v) is 5.26. The zero-order valence-corrected chi connectivity index (χ0v) is 14.8. The molecular formula is C23H18N4. The van der Waals surface area contributed by atoms with Crippen LogP contribution in [0.2, 0.25) is 0 Å². The SMILES string of the molecule is N#Cc1cccc(-c2cnc3[nH]cc(-c4ccc5c(c4)CNCC5)c3c2)c1. The number of nitriles is 1. The summed E-state index contributed by atoms with van der Waals surface area (Å²) in [6, 6.07) is 18.7. The average molecular weight is 350 g/mol. The van der Waals surface area contributed by atoms with Crippen molar-refractivity contribution < 1.29 is 0 Å². The molecule has 0 saturated heterocycles. The Kier molecular flexibility index (Phi) is 3.74. The summed E-state index contributed by atoms with van der Waals surface area (Å²) in [4.78, 5) is 7.88. The van der Waals surface area contributed by atoms with Crippen molar-refractivity contribution in [3.05, 3.63) is 77.6 Å². The first-order chi connectivity index (χ1) is 13.3. The second kappa shape index (κ2) is 6.39. The van der Waals surface area contributed by atoms with Gasteiger partial charge in [0, 0.05) is 35.5 Å². The highest BCUT2D eigenvalue weighted by Gasteiger charge is 2.13. The van der Waals surface area contributed by atoms with Gasteiger partial charge < -0.3 is 10.3 Å². The molecule has 5 rings (SSSR count). The van der Waals surface area contributed by atoms with Crippen LogP contribution in [0, 0.1) is 11.3 Å². The van der Waals surface area contributed by atoms with E-state index in [9.17, 15) is 0 Å². The number of hydrogen-bond acceptors (Lipinski definition) is 3. The maximum Gasteiger partial charge on any atom is 0.137 e. The summed E-state index contributed by atoms with van der Waals surface area (Å²) in [7, 11) is 0. The van der Waals surface area contributed by atoms with E-state index < -0.39 is 0 Å². The number of hydrogen-bond donors (Lipinski definition) is 2. The van der Waals surface area contributed by atoms with Crippen molar-refractivity contribution in [2.45, 2.75) is 13.0 Å². The molecule has 4 nitrogen and oxygen atoms in total. The molecule has 0 unspecified atom stereocenters. The van der Waals surface area contributed by atoms with Crippen LogP contribution in [-0.2, 0) is 13.0 Å². The number of pyridine rings is 1. The molecule has 0 aliphatic carbocycles. The Hall–Kier alpha value is -3.42. The second-order valence-electron chi connectivity index (χ2n) is 6.93. The van der Waals surface area contributed by atoms with E-state index in [4.69, 9.17) is 5.26 Å². The molecule has 4 heteroatoms. The molecule has 1 aliphatic heterocycles. The van der Waals surface area contributed by atoms with Gasteiger partial charge in [-0.3, -0.25) is 0 Å². The summed E-state index contributed by atoms with van der Waals surface area (Å²) < 4.78 is 0. The number of benzene rings is 2. The Bertz CT molecular complexity index is 1200. The maximum atomic E-state index is 9.16. The van der Waals surface area contributed by atoms with E-state index in [1.807, 2.05) is 36.7 Å². The molecule has 0 bridgehead atoms. The van der Waals surface area contributed by atoms with Gasteiger partial charge in [0.15, 0.2) is 0 Å². The van der Waals surface area contributed by atoms with E-state index >= 15 is 0 Å². The van der Waals surface area contributed by atoms with E-state index in [1.54, 1.807) is 0 Å². The third kappa shape index (κ3) is 2.79. The standard InChI is InChI=1S/C23H18N4/c24-11-15-2-1-3-17(8-15)20-10-21-22(14-27-23(21)26-13-20)18-5-4-16-6-7-25-12-19(16)9-18/h1-5,8-10,13-14,25H,6-7,12H2,(H,26,27). The van der Waals surface area contributed by atoms with Crippen LogP contribution in [-0.4, -0.2) is 16.5 Å². The van der Waals surface area contributed by atoms with Gasteiger partial charge in [-0.05, 0) is 59.5 Å². The minimum atomic E-state index is 0.657. The molecule has 0 fully saturated rings. The predicted octanol–water partition coefficient (Wildman–Crippen LogP) is 4.41. The van der Waals surface area contributed by atoms with Gasteiger partial charge in [0.25, 0.3) is 0 Å². The van der Waals surface area contributed by atoms with Crippen LogP contribution < -0.4 is 5.32 Å². The fraction of sp³-hybridized carbons (Fsp3) is 0.130. The van der Waals surface area contributed by atoms with Crippen LogP contribution in [0.3, 0.4) is 0 Å². The van der Waals surface area contributed by atoms with Crippen molar-refractivity contribution in [3.63, 3.8) is 0 Å². The van der Waals surface area contributed by atoms with Crippen molar-refractivity contribution in [2.24, 2.45) is 0 Å². The van der Waals surface area contributed by atoms with Gasteiger partial charge in [0.05, 0.1) is 11.6 Å². The van der Waals surface area contributed by atoms with Crippen LogP contribution in [0.25, 0.3) is 33.3 Å². The molecule has 0 spiro atoms. The van der Waals surface area contributed by atoms with Crippen molar-refractivity contribution >= 4 is 11.0 Å². The molecule has 3 heterocycles. The minimum Gasteiger partial charge on any atom is -0.346 e. The molecule has 0 saturated carbocycles. The zero-order valence-electron chi connectivity index (χ0n) is 14.8. The molecule has 27 heavy (non-hydrogen) atoms. The largest absolute Gasteiger partial charge is 0.346 e. The highest BCUT2D eigenvalue weighted by Crippen LogP contribution is 2.32. The molecule has 0 atom stereocenters. The number of H-pyrrole nitrogens is 1. The molecule has 130 valence electrons. The first-order valence-corrected chi connectivity index (χ1v) is 9.12. The van der Waals surface area contributed by atoms with E-state index in [2.05, 4.69) is 45.6 Å². The topological polar surface area (TPSA) is 64.5 Å². The Labute approximate surface area is 157 Å². The summed E-state index contributed by atoms with van der Waals surface area (Å²) in [5, 5.41) is 13.7. The summed E-state index contributed by atoms with van der Waals surface area (Å²) >= 11 is 0. The quantitative estimate of drug-likeness (QED) is 0.563. The molecule has 0 radical (unpaired) electrons. The first kappa shape index (κ1) is 15.8. The smallest absolute Gasteiger partial charge is 0.137 e. The monoisotopic (exact) mass is 350 g/mol. The van der Waals surface area contributed by atoms with Crippen LogP contribution in [0.15, 0.2) is 60.9 Å². The van der Waals surface area contributed by atoms with Crippen LogP contribution in [0.1, 0.15) is 16.7 Å². The number of fused-ring (bicyclic) bond motifs is 2. The minimum absolute atomic E-state index is 0.657.